The van der Waals surface area contributed by atoms with Gasteiger partial charge < -0.3 is 10.4 Å². The molecule has 1 aromatic rings. The molecule has 3 heterocycles. The van der Waals surface area contributed by atoms with Crippen molar-refractivity contribution in [3.8, 4) is 0 Å². The number of aromatic nitrogens is 1. The van der Waals surface area contributed by atoms with E-state index in [4.69, 9.17) is 5.11 Å². The first-order valence-electron chi connectivity index (χ1n) is 7.58. The van der Waals surface area contributed by atoms with Gasteiger partial charge in [-0.1, -0.05) is 0 Å². The number of fused-ring (bicyclic) bond motifs is 1. The van der Waals surface area contributed by atoms with Gasteiger partial charge in [0.2, 0.25) is 5.91 Å². The third kappa shape index (κ3) is 3.96. The van der Waals surface area contributed by atoms with Crippen molar-refractivity contribution in [3.63, 3.8) is 0 Å². The maximum Gasteiger partial charge on any atom is 0.471 e. The number of thioether (sulfide) groups is 1. The van der Waals surface area contributed by atoms with Crippen LogP contribution in [0.15, 0.2) is 17.2 Å². The molecule has 3 rings (SSSR count). The average molecular weight is 436 g/mol. The fraction of sp³-hybridized carbons (Fsp3) is 0.357. The lowest BCUT2D eigenvalue weighted by Gasteiger charge is -2.48. The summed E-state index contributed by atoms with van der Waals surface area (Å²) in [6, 6.07) is -0.899. The molecule has 1 fully saturated rings. The summed E-state index contributed by atoms with van der Waals surface area (Å²) in [6.07, 6.45) is -3.97. The van der Waals surface area contributed by atoms with Crippen molar-refractivity contribution in [3.05, 3.63) is 22.8 Å². The van der Waals surface area contributed by atoms with E-state index < -0.39 is 41.3 Å². The summed E-state index contributed by atoms with van der Waals surface area (Å²) < 4.78 is 36.6. The first-order valence-corrected chi connectivity index (χ1v) is 9.51. The van der Waals surface area contributed by atoms with Crippen LogP contribution in [-0.2, 0) is 25.6 Å². The number of thiazole rings is 1. The van der Waals surface area contributed by atoms with E-state index in [1.165, 1.54) is 23.2 Å². The summed E-state index contributed by atoms with van der Waals surface area (Å²) in [7, 11) is 0. The van der Waals surface area contributed by atoms with Crippen LogP contribution in [0.5, 0.6) is 0 Å². The highest BCUT2D eigenvalue weighted by Gasteiger charge is 2.52. The van der Waals surface area contributed by atoms with Gasteiger partial charge in [0.05, 0.1) is 12.1 Å². The fourth-order valence-electron chi connectivity index (χ4n) is 2.54. The topological polar surface area (TPSA) is 129 Å². The Morgan fingerprint density at radius 2 is 2.07 bits per heavy atom. The number of carbonyl (C=O) groups is 4. The molecule has 0 saturated carbocycles. The second-order valence-corrected chi connectivity index (χ2v) is 7.65. The number of amides is 3. The lowest BCUT2D eigenvalue weighted by molar-refractivity contribution is -0.167. The number of β-lactam (4-membered cyclic amide) rings is 1. The van der Waals surface area contributed by atoms with E-state index in [1.54, 1.807) is 5.32 Å². The fourth-order valence-corrected chi connectivity index (χ4v) is 4.44. The molecule has 3 amide bonds. The molecule has 1 saturated heterocycles. The summed E-state index contributed by atoms with van der Waals surface area (Å²) in [5.41, 5.74) is -0.0187. The lowest BCUT2D eigenvalue weighted by Crippen LogP contribution is -2.70. The Kier molecular flexibility index (Phi) is 5.34. The van der Waals surface area contributed by atoms with E-state index in [0.29, 0.717) is 5.75 Å². The van der Waals surface area contributed by atoms with Crippen molar-refractivity contribution in [1.29, 1.82) is 0 Å². The van der Waals surface area contributed by atoms with Crippen LogP contribution in [0.3, 0.4) is 0 Å². The third-order valence-corrected chi connectivity index (χ3v) is 5.74. The number of rotatable bonds is 5. The third-order valence-electron chi connectivity index (χ3n) is 3.75. The lowest BCUT2D eigenvalue weighted by atomic mass is 10.0. The molecule has 3 N–H and O–H groups in total. The minimum Gasteiger partial charge on any atom is -0.477 e. The highest BCUT2D eigenvalue weighted by Crippen LogP contribution is 2.37. The van der Waals surface area contributed by atoms with Crippen LogP contribution in [0.4, 0.5) is 18.3 Å². The summed E-state index contributed by atoms with van der Waals surface area (Å²) in [5, 5.41) is 13.6. The van der Waals surface area contributed by atoms with Crippen molar-refractivity contribution < 1.29 is 37.5 Å². The molecule has 2 aliphatic heterocycles. The van der Waals surface area contributed by atoms with Crippen LogP contribution in [0.25, 0.3) is 0 Å². The maximum atomic E-state index is 12.2. The van der Waals surface area contributed by atoms with E-state index in [1.807, 2.05) is 0 Å². The monoisotopic (exact) mass is 436 g/mol. The Morgan fingerprint density at radius 3 is 2.71 bits per heavy atom. The van der Waals surface area contributed by atoms with E-state index in [-0.39, 0.29) is 22.9 Å². The molecule has 0 aromatic carbocycles. The zero-order valence-electron chi connectivity index (χ0n) is 13.6. The number of hydrogen-bond donors (Lipinski definition) is 3. The van der Waals surface area contributed by atoms with Crippen molar-refractivity contribution in [2.45, 2.75) is 24.0 Å². The van der Waals surface area contributed by atoms with Crippen LogP contribution >= 0.6 is 23.1 Å². The summed E-state index contributed by atoms with van der Waals surface area (Å²) in [6.45, 7) is 0. The summed E-state index contributed by atoms with van der Waals surface area (Å²) in [4.78, 5) is 51.1. The largest absolute Gasteiger partial charge is 0.477 e. The Labute approximate surface area is 163 Å². The number of carboxylic acids is 1. The van der Waals surface area contributed by atoms with Crippen LogP contribution in [0, 0.1) is 0 Å². The highest BCUT2D eigenvalue weighted by atomic mass is 32.2. The minimum atomic E-state index is -5.05. The maximum absolute atomic E-state index is 12.2. The number of aliphatic carboxylic acids is 1. The van der Waals surface area contributed by atoms with Gasteiger partial charge in [-0.3, -0.25) is 24.6 Å². The number of hydrogen-bond acceptors (Lipinski definition) is 7. The molecule has 0 radical (unpaired) electrons. The van der Waals surface area contributed by atoms with Crippen molar-refractivity contribution >= 4 is 51.9 Å². The summed E-state index contributed by atoms with van der Waals surface area (Å²) >= 11 is 2.01. The van der Waals surface area contributed by atoms with Crippen LogP contribution in [0.2, 0.25) is 0 Å². The molecule has 0 aliphatic carbocycles. The number of alkyl halides is 3. The minimum absolute atomic E-state index is 0.117. The van der Waals surface area contributed by atoms with Gasteiger partial charge >= 0.3 is 18.1 Å². The van der Waals surface area contributed by atoms with Gasteiger partial charge in [-0.25, -0.2) is 9.78 Å². The molecule has 14 heteroatoms. The predicted molar refractivity (Wildman–Crippen MR) is 91.2 cm³/mol. The number of carboxylic acid groups (broad SMARTS) is 1. The van der Waals surface area contributed by atoms with Gasteiger partial charge in [-0.2, -0.15) is 13.2 Å². The van der Waals surface area contributed by atoms with E-state index in [0.717, 1.165) is 16.2 Å². The van der Waals surface area contributed by atoms with E-state index >= 15 is 0 Å². The van der Waals surface area contributed by atoms with Crippen molar-refractivity contribution in [2.24, 2.45) is 0 Å². The molecule has 1 unspecified atom stereocenters. The SMILES string of the molecule is O=C(Cc1csc(NC(=O)C(F)(F)F)n1)NC1C(=O)N2C(C(=O)O)=CCS[C@@H]12. The number of carbonyl (C=O) groups excluding carboxylic acids is 3. The predicted octanol–water partition coefficient (Wildman–Crippen LogP) is 0.555. The molecule has 2 aliphatic rings. The quantitative estimate of drug-likeness (QED) is 0.575. The molecule has 150 valence electrons. The molecule has 0 bridgehead atoms. The first kappa shape index (κ1) is 20.1. The number of nitrogens with one attached hydrogen (secondary N) is 2. The van der Waals surface area contributed by atoms with Gasteiger partial charge in [0.1, 0.15) is 17.1 Å². The summed E-state index contributed by atoms with van der Waals surface area (Å²) in [5.74, 6) is -4.20. The molecule has 2 atom stereocenters. The zero-order valence-corrected chi connectivity index (χ0v) is 15.3. The molecule has 28 heavy (non-hydrogen) atoms. The molecular weight excluding hydrogens is 425 g/mol. The second-order valence-electron chi connectivity index (χ2n) is 5.64. The molecular formula is C14H11F3N4O5S2. The molecule has 0 spiro atoms. The number of halogens is 3. The molecule has 1 aromatic heterocycles. The first-order chi connectivity index (χ1) is 13.1. The van der Waals surface area contributed by atoms with E-state index in [2.05, 4.69) is 10.3 Å². The van der Waals surface area contributed by atoms with Crippen molar-refractivity contribution in [2.75, 3.05) is 11.1 Å². The van der Waals surface area contributed by atoms with Gasteiger partial charge in [-0.15, -0.1) is 23.1 Å². The van der Waals surface area contributed by atoms with Gasteiger partial charge in [0.25, 0.3) is 5.91 Å². The smallest absolute Gasteiger partial charge is 0.471 e. The Morgan fingerprint density at radius 1 is 1.36 bits per heavy atom. The zero-order chi connectivity index (χ0) is 20.6. The average Bonchev–Trinajstić information content (AvgIpc) is 3.04. The van der Waals surface area contributed by atoms with Gasteiger partial charge in [0, 0.05) is 11.1 Å². The van der Waals surface area contributed by atoms with Crippen LogP contribution in [0.1, 0.15) is 5.69 Å². The molecule has 9 nitrogen and oxygen atoms in total. The van der Waals surface area contributed by atoms with Gasteiger partial charge in [-0.05, 0) is 6.08 Å². The standard InChI is InChI=1S/C14H11F3N4O5S2/c15-14(16,17)12(26)20-13-18-5(4-28-13)3-7(22)19-8-9(23)21-6(11(24)25)1-2-27-10(8)21/h1,4,8,10H,2-3H2,(H,19,22)(H,24,25)(H,18,20,26)/t8?,10-/m0/s1. The van der Waals surface area contributed by atoms with Crippen molar-refractivity contribution in [1.82, 2.24) is 15.2 Å². The number of anilines is 1. The van der Waals surface area contributed by atoms with Crippen LogP contribution in [-0.4, -0.2) is 62.0 Å². The van der Waals surface area contributed by atoms with Crippen LogP contribution < -0.4 is 10.6 Å². The Hall–Kier alpha value is -2.61. The highest BCUT2D eigenvalue weighted by molar-refractivity contribution is 8.00. The van der Waals surface area contributed by atoms with Gasteiger partial charge in [0.15, 0.2) is 5.13 Å². The van der Waals surface area contributed by atoms with E-state index in [9.17, 15) is 32.3 Å². The number of nitrogens with zero attached hydrogens (tertiary/aromatic N) is 2. The Balaban J connectivity index is 1.56. The Bertz CT molecular complexity index is 885. The normalized spacial score (nSPS) is 21.3. The second kappa shape index (κ2) is 7.43.